The number of hydrogen-bond acceptors (Lipinski definition) is 5. The van der Waals surface area contributed by atoms with Gasteiger partial charge in [-0.15, -0.1) is 0 Å². The number of ketones is 2. The molecule has 164 valence electrons. The second-order valence-electron chi connectivity index (χ2n) is 9.20. The van der Waals surface area contributed by atoms with Crippen molar-refractivity contribution in [1.29, 1.82) is 0 Å². The molecule has 6 heteroatoms. The average Bonchev–Trinajstić information content (AvgIpc) is 3.02. The fourth-order valence-corrected chi connectivity index (χ4v) is 5.98. The summed E-state index contributed by atoms with van der Waals surface area (Å²) in [7, 11) is 0. The Hall–Kier alpha value is -3.28. The molecule has 0 radical (unpaired) electrons. The third-order valence-corrected chi connectivity index (χ3v) is 7.53. The van der Waals surface area contributed by atoms with Gasteiger partial charge in [0.05, 0.1) is 11.8 Å². The molecule has 1 N–H and O–H groups in total. The molecule has 0 aromatic heterocycles. The van der Waals surface area contributed by atoms with Crippen LogP contribution in [0.2, 0.25) is 0 Å². The third kappa shape index (κ3) is 2.71. The summed E-state index contributed by atoms with van der Waals surface area (Å²) >= 11 is 0. The van der Waals surface area contributed by atoms with Crippen molar-refractivity contribution >= 4 is 23.4 Å². The van der Waals surface area contributed by atoms with E-state index in [4.69, 9.17) is 0 Å². The van der Waals surface area contributed by atoms with E-state index in [9.17, 15) is 24.3 Å². The number of carbonyl (C=O) groups excluding carboxylic acids is 4. The summed E-state index contributed by atoms with van der Waals surface area (Å²) in [4.78, 5) is 53.6. The number of benzene rings is 1. The van der Waals surface area contributed by atoms with Crippen LogP contribution in [0.25, 0.3) is 0 Å². The number of rotatable bonds is 2. The summed E-state index contributed by atoms with van der Waals surface area (Å²) < 4.78 is 0. The van der Waals surface area contributed by atoms with Crippen molar-refractivity contribution in [1.82, 2.24) is 4.90 Å². The minimum atomic E-state index is -0.507. The predicted molar refractivity (Wildman–Crippen MR) is 117 cm³/mol. The molecular weight excluding hydrogens is 406 g/mol. The van der Waals surface area contributed by atoms with Crippen LogP contribution < -0.4 is 0 Å². The smallest absolute Gasteiger partial charge is 0.233 e. The van der Waals surface area contributed by atoms with Crippen LogP contribution in [0.5, 0.6) is 5.75 Å². The van der Waals surface area contributed by atoms with Crippen molar-refractivity contribution in [2.45, 2.75) is 39.5 Å². The van der Waals surface area contributed by atoms with Crippen LogP contribution in [0.1, 0.15) is 43.7 Å². The molecule has 1 aliphatic heterocycles. The van der Waals surface area contributed by atoms with Crippen molar-refractivity contribution in [3.8, 4) is 5.75 Å². The van der Waals surface area contributed by atoms with Crippen molar-refractivity contribution in [3.63, 3.8) is 0 Å². The predicted octanol–water partition coefficient (Wildman–Crippen LogP) is 3.15. The summed E-state index contributed by atoms with van der Waals surface area (Å²) in [6.45, 7) is 5.57. The van der Waals surface area contributed by atoms with Crippen molar-refractivity contribution in [2.75, 3.05) is 6.54 Å². The van der Waals surface area contributed by atoms with Gasteiger partial charge in [-0.2, -0.15) is 0 Å². The van der Waals surface area contributed by atoms with Crippen LogP contribution in [0.15, 0.2) is 52.6 Å². The molecular formula is C26H25NO5. The first kappa shape index (κ1) is 20.6. The number of Topliss-reactive ketones (excluding diaryl/α,β-unsaturated/α-hetero) is 1. The molecule has 1 aromatic rings. The van der Waals surface area contributed by atoms with E-state index >= 15 is 0 Å². The highest BCUT2D eigenvalue weighted by molar-refractivity contribution is 6.23. The molecule has 5 rings (SSSR count). The summed E-state index contributed by atoms with van der Waals surface area (Å²) in [5.41, 5.74) is 3.75. The lowest BCUT2D eigenvalue weighted by Gasteiger charge is -2.42. The Morgan fingerprint density at radius 1 is 1.06 bits per heavy atom. The summed E-state index contributed by atoms with van der Waals surface area (Å²) in [5, 5.41) is 10.0. The maximum Gasteiger partial charge on any atom is 0.233 e. The number of phenolic OH excluding ortho intramolecular Hbond substituents is 1. The number of aryl methyl sites for hydroxylation is 1. The number of amides is 2. The second kappa shape index (κ2) is 7.12. The Balaban J connectivity index is 1.71. The van der Waals surface area contributed by atoms with Gasteiger partial charge < -0.3 is 5.11 Å². The van der Waals surface area contributed by atoms with E-state index in [2.05, 4.69) is 0 Å². The standard InChI is InChI=1S/C26H25NO5/c1-4-27-25(31)16-7-6-15-17(22(16)26(27)32)11-18-20(29)10-13(3)24(30)23(18)21(15)14-5-8-19(28)12(2)9-14/h5-6,8-10,16-17,21-22,28H,4,7,11H2,1-3H3/t16-,17+,21-,22-/m0/s1. The van der Waals surface area contributed by atoms with Crippen LogP contribution in [0.4, 0.5) is 0 Å². The third-order valence-electron chi connectivity index (χ3n) is 7.53. The van der Waals surface area contributed by atoms with Gasteiger partial charge in [-0.05, 0) is 62.8 Å². The molecule has 1 aromatic carbocycles. The zero-order chi connectivity index (χ0) is 22.9. The number of likely N-dealkylation sites (tertiary alicyclic amines) is 1. The van der Waals surface area contributed by atoms with E-state index in [1.165, 1.54) is 11.0 Å². The first-order chi connectivity index (χ1) is 15.2. The zero-order valence-corrected chi connectivity index (χ0v) is 18.3. The Morgan fingerprint density at radius 2 is 1.81 bits per heavy atom. The van der Waals surface area contributed by atoms with Gasteiger partial charge in [0, 0.05) is 29.2 Å². The molecule has 1 fully saturated rings. The highest BCUT2D eigenvalue weighted by atomic mass is 16.3. The Kier molecular flexibility index (Phi) is 4.59. The van der Waals surface area contributed by atoms with Crippen LogP contribution in [0.3, 0.4) is 0 Å². The molecule has 4 atom stereocenters. The topological polar surface area (TPSA) is 91.8 Å². The van der Waals surface area contributed by atoms with Gasteiger partial charge in [-0.25, -0.2) is 0 Å². The number of imide groups is 1. The first-order valence-electron chi connectivity index (χ1n) is 11.1. The summed E-state index contributed by atoms with van der Waals surface area (Å²) in [5.74, 6) is -2.19. The normalized spacial score (nSPS) is 29.5. The molecule has 2 amide bonds. The number of hydrogen-bond donors (Lipinski definition) is 1. The van der Waals surface area contributed by atoms with Crippen LogP contribution >= 0.6 is 0 Å². The van der Waals surface area contributed by atoms with Gasteiger partial charge in [-0.3, -0.25) is 24.1 Å². The van der Waals surface area contributed by atoms with E-state index in [0.29, 0.717) is 41.7 Å². The minimum absolute atomic E-state index is 0.142. The maximum absolute atomic E-state index is 13.3. The summed E-state index contributed by atoms with van der Waals surface area (Å²) in [6.07, 6.45) is 4.14. The number of phenols is 1. The van der Waals surface area contributed by atoms with Crippen LogP contribution in [-0.2, 0) is 19.2 Å². The van der Waals surface area contributed by atoms with Gasteiger partial charge in [-0.1, -0.05) is 23.8 Å². The number of carbonyl (C=O) groups is 4. The Labute approximate surface area is 186 Å². The second-order valence-corrected chi connectivity index (χ2v) is 9.20. The lowest BCUT2D eigenvalue weighted by atomic mass is 9.59. The van der Waals surface area contributed by atoms with Crippen molar-refractivity contribution in [3.05, 3.63) is 63.8 Å². The van der Waals surface area contributed by atoms with Crippen molar-refractivity contribution in [2.24, 2.45) is 17.8 Å². The van der Waals surface area contributed by atoms with Crippen molar-refractivity contribution < 1.29 is 24.3 Å². The van der Waals surface area contributed by atoms with Gasteiger partial charge in [0.2, 0.25) is 11.8 Å². The number of allylic oxidation sites excluding steroid dienone is 6. The largest absolute Gasteiger partial charge is 0.508 e. The van der Waals surface area contributed by atoms with E-state index in [-0.39, 0.29) is 35.0 Å². The average molecular weight is 431 g/mol. The Morgan fingerprint density at radius 3 is 2.50 bits per heavy atom. The lowest BCUT2D eigenvalue weighted by molar-refractivity contribution is -0.139. The van der Waals surface area contributed by atoms with Gasteiger partial charge >= 0.3 is 0 Å². The fraction of sp³-hybridized carbons (Fsp3) is 0.385. The van der Waals surface area contributed by atoms with E-state index in [0.717, 1.165) is 11.1 Å². The summed E-state index contributed by atoms with van der Waals surface area (Å²) in [6, 6.07) is 5.21. The van der Waals surface area contributed by atoms with E-state index in [1.54, 1.807) is 32.9 Å². The zero-order valence-electron chi connectivity index (χ0n) is 18.3. The quantitative estimate of drug-likeness (QED) is 0.441. The molecule has 32 heavy (non-hydrogen) atoms. The van der Waals surface area contributed by atoms with Gasteiger partial charge in [0.25, 0.3) is 0 Å². The number of aromatic hydroxyl groups is 1. The molecule has 3 aliphatic carbocycles. The molecule has 1 saturated heterocycles. The molecule has 0 unspecified atom stereocenters. The first-order valence-corrected chi connectivity index (χ1v) is 11.1. The number of fused-ring (bicyclic) bond motifs is 3. The molecule has 4 aliphatic rings. The SMILES string of the molecule is CCN1C(=O)[C@H]2[C@H](CC=C3[C@H](c4ccc(O)c(C)c4)C4=C(C[C@H]32)C(=O)C=C(C)C4=O)C1=O. The maximum atomic E-state index is 13.3. The molecule has 0 bridgehead atoms. The van der Waals surface area contributed by atoms with E-state index < -0.39 is 17.8 Å². The van der Waals surface area contributed by atoms with Crippen LogP contribution in [0, 0.1) is 24.7 Å². The molecule has 0 saturated carbocycles. The van der Waals surface area contributed by atoms with Gasteiger partial charge in [0.15, 0.2) is 11.6 Å². The molecule has 0 spiro atoms. The van der Waals surface area contributed by atoms with E-state index in [1.807, 2.05) is 12.1 Å². The monoisotopic (exact) mass is 431 g/mol. The highest BCUT2D eigenvalue weighted by Gasteiger charge is 2.55. The molecule has 6 nitrogen and oxygen atoms in total. The fourth-order valence-electron chi connectivity index (χ4n) is 5.98. The van der Waals surface area contributed by atoms with Gasteiger partial charge in [0.1, 0.15) is 5.75 Å². The Bertz CT molecular complexity index is 1200. The molecule has 1 heterocycles. The highest BCUT2D eigenvalue weighted by Crippen LogP contribution is 2.55. The minimum Gasteiger partial charge on any atom is -0.508 e. The van der Waals surface area contributed by atoms with Crippen LogP contribution in [-0.4, -0.2) is 39.9 Å². The number of nitrogens with zero attached hydrogens (tertiary/aromatic N) is 1. The lowest BCUT2D eigenvalue weighted by Crippen LogP contribution is -2.39.